The van der Waals surface area contributed by atoms with Crippen LogP contribution in [0.2, 0.25) is 5.02 Å². The molecule has 104 valence electrons. The molecular weight excluding hydrogens is 281 g/mol. The van der Waals surface area contributed by atoms with Gasteiger partial charge in [-0.2, -0.15) is 0 Å². The minimum atomic E-state index is -0.415. The van der Waals surface area contributed by atoms with Crippen molar-refractivity contribution in [2.45, 2.75) is 6.42 Å². The lowest BCUT2D eigenvalue weighted by atomic mass is 10.1. The third-order valence-corrected chi connectivity index (χ3v) is 3.03. The van der Waals surface area contributed by atoms with Gasteiger partial charge in [0.1, 0.15) is 11.6 Å². The number of amides is 1. The molecule has 2 aromatic rings. The Bertz CT molecular complexity index is 631. The number of nitrogens with one attached hydrogen (secondary N) is 1. The number of carbonyl (C=O) groups excluding carboxylic acids is 1. The number of hydrogen-bond acceptors (Lipinski definition) is 2. The van der Waals surface area contributed by atoms with Crippen LogP contribution in [-0.2, 0) is 6.42 Å². The highest BCUT2D eigenvalue weighted by Gasteiger charge is 2.11. The van der Waals surface area contributed by atoms with E-state index in [4.69, 9.17) is 11.6 Å². The molecule has 0 unspecified atom stereocenters. The van der Waals surface area contributed by atoms with Crippen molar-refractivity contribution in [3.63, 3.8) is 0 Å². The number of phenols is 1. The van der Waals surface area contributed by atoms with Gasteiger partial charge in [-0.1, -0.05) is 23.7 Å². The number of phenolic OH excluding ortho intramolecular Hbond substituents is 1. The molecule has 0 aliphatic rings. The van der Waals surface area contributed by atoms with Gasteiger partial charge in [0, 0.05) is 11.6 Å². The fourth-order valence-electron chi connectivity index (χ4n) is 1.80. The zero-order valence-corrected chi connectivity index (χ0v) is 11.3. The summed E-state index contributed by atoms with van der Waals surface area (Å²) < 4.78 is 13.0. The minimum Gasteiger partial charge on any atom is -0.507 e. The van der Waals surface area contributed by atoms with E-state index in [-0.39, 0.29) is 17.1 Å². The number of carbonyl (C=O) groups is 1. The maximum Gasteiger partial charge on any atom is 0.255 e. The molecular formula is C15H13ClFNO2. The molecule has 0 saturated heterocycles. The van der Waals surface area contributed by atoms with E-state index >= 15 is 0 Å². The summed E-state index contributed by atoms with van der Waals surface area (Å²) in [6.45, 7) is 0.342. The second-order valence-corrected chi connectivity index (χ2v) is 4.73. The molecule has 2 rings (SSSR count). The average Bonchev–Trinajstić information content (AvgIpc) is 2.41. The van der Waals surface area contributed by atoms with Crippen molar-refractivity contribution in [2.75, 3.05) is 6.54 Å². The summed E-state index contributed by atoms with van der Waals surface area (Å²) in [5.74, 6) is -0.847. The molecule has 0 heterocycles. The summed E-state index contributed by atoms with van der Waals surface area (Å²) in [7, 11) is 0. The summed E-state index contributed by atoms with van der Waals surface area (Å²) in [5.41, 5.74) is 0.914. The predicted molar refractivity (Wildman–Crippen MR) is 75.6 cm³/mol. The number of hydrogen-bond donors (Lipinski definition) is 2. The summed E-state index contributed by atoms with van der Waals surface area (Å²) in [4.78, 5) is 11.9. The molecule has 0 spiro atoms. The SMILES string of the molecule is O=C(NCCc1cccc(F)c1)c1cc(Cl)ccc1O. The molecule has 0 radical (unpaired) electrons. The number of aromatic hydroxyl groups is 1. The lowest BCUT2D eigenvalue weighted by molar-refractivity contribution is 0.0951. The zero-order chi connectivity index (χ0) is 14.5. The number of halogens is 2. The fourth-order valence-corrected chi connectivity index (χ4v) is 1.97. The van der Waals surface area contributed by atoms with Crippen LogP contribution in [0.4, 0.5) is 4.39 Å². The predicted octanol–water partition coefficient (Wildman–Crippen LogP) is 3.16. The van der Waals surface area contributed by atoms with Crippen molar-refractivity contribution >= 4 is 17.5 Å². The van der Waals surface area contributed by atoms with Crippen LogP contribution in [0.15, 0.2) is 42.5 Å². The van der Waals surface area contributed by atoms with Gasteiger partial charge in [0.15, 0.2) is 0 Å². The van der Waals surface area contributed by atoms with Crippen molar-refractivity contribution < 1.29 is 14.3 Å². The molecule has 0 atom stereocenters. The summed E-state index contributed by atoms with van der Waals surface area (Å²) in [5, 5.41) is 12.6. The Balaban J connectivity index is 1.94. The molecule has 5 heteroatoms. The summed E-state index contributed by atoms with van der Waals surface area (Å²) in [6.07, 6.45) is 0.505. The van der Waals surface area contributed by atoms with Gasteiger partial charge >= 0.3 is 0 Å². The van der Waals surface area contributed by atoms with Crippen LogP contribution in [-0.4, -0.2) is 17.6 Å². The van der Waals surface area contributed by atoms with Crippen LogP contribution < -0.4 is 5.32 Å². The molecule has 0 aromatic heterocycles. The van der Waals surface area contributed by atoms with E-state index in [9.17, 15) is 14.3 Å². The van der Waals surface area contributed by atoms with Gasteiger partial charge in [-0.3, -0.25) is 4.79 Å². The molecule has 0 saturated carbocycles. The Morgan fingerprint density at radius 2 is 2.05 bits per heavy atom. The standard InChI is InChI=1S/C15H13ClFNO2/c16-11-4-5-14(19)13(9-11)15(20)18-7-6-10-2-1-3-12(17)8-10/h1-5,8-9,19H,6-7H2,(H,18,20). The van der Waals surface area contributed by atoms with Gasteiger partial charge in [-0.25, -0.2) is 4.39 Å². The Kier molecular flexibility index (Phi) is 4.58. The van der Waals surface area contributed by atoms with Gasteiger partial charge in [0.05, 0.1) is 5.56 Å². The highest BCUT2D eigenvalue weighted by molar-refractivity contribution is 6.31. The molecule has 0 fully saturated rings. The van der Waals surface area contributed by atoms with Crippen LogP contribution in [0, 0.1) is 5.82 Å². The smallest absolute Gasteiger partial charge is 0.255 e. The summed E-state index contributed by atoms with van der Waals surface area (Å²) in [6, 6.07) is 10.5. The lowest BCUT2D eigenvalue weighted by Crippen LogP contribution is -2.25. The van der Waals surface area contributed by atoms with E-state index in [0.29, 0.717) is 18.0 Å². The van der Waals surface area contributed by atoms with Gasteiger partial charge < -0.3 is 10.4 Å². The Morgan fingerprint density at radius 3 is 2.80 bits per heavy atom. The van der Waals surface area contributed by atoms with E-state index in [0.717, 1.165) is 5.56 Å². The maximum absolute atomic E-state index is 13.0. The minimum absolute atomic E-state index is 0.122. The molecule has 2 aromatic carbocycles. The highest BCUT2D eigenvalue weighted by atomic mass is 35.5. The van der Waals surface area contributed by atoms with Gasteiger partial charge in [-0.05, 0) is 42.3 Å². The molecule has 2 N–H and O–H groups in total. The third kappa shape index (κ3) is 3.71. The number of rotatable bonds is 4. The Morgan fingerprint density at radius 1 is 1.25 bits per heavy atom. The molecule has 0 aliphatic heterocycles. The van der Waals surface area contributed by atoms with E-state index in [1.165, 1.54) is 30.3 Å². The van der Waals surface area contributed by atoms with E-state index in [1.54, 1.807) is 12.1 Å². The second kappa shape index (κ2) is 6.39. The van der Waals surface area contributed by atoms with Crippen molar-refractivity contribution in [2.24, 2.45) is 0 Å². The first-order chi connectivity index (χ1) is 9.56. The molecule has 20 heavy (non-hydrogen) atoms. The van der Waals surface area contributed by atoms with Crippen molar-refractivity contribution in [1.29, 1.82) is 0 Å². The van der Waals surface area contributed by atoms with Crippen molar-refractivity contribution in [1.82, 2.24) is 5.32 Å². The monoisotopic (exact) mass is 293 g/mol. The topological polar surface area (TPSA) is 49.3 Å². The average molecular weight is 294 g/mol. The van der Waals surface area contributed by atoms with Crippen LogP contribution in [0.3, 0.4) is 0 Å². The zero-order valence-electron chi connectivity index (χ0n) is 10.6. The number of benzene rings is 2. The Labute approximate surface area is 121 Å². The summed E-state index contributed by atoms with van der Waals surface area (Å²) >= 11 is 5.78. The van der Waals surface area contributed by atoms with Crippen LogP contribution in [0.5, 0.6) is 5.75 Å². The van der Waals surface area contributed by atoms with E-state index < -0.39 is 5.91 Å². The van der Waals surface area contributed by atoms with Gasteiger partial charge in [0.2, 0.25) is 0 Å². The first-order valence-electron chi connectivity index (χ1n) is 6.07. The maximum atomic E-state index is 13.0. The second-order valence-electron chi connectivity index (χ2n) is 4.30. The first-order valence-corrected chi connectivity index (χ1v) is 6.45. The lowest BCUT2D eigenvalue weighted by Gasteiger charge is -2.07. The van der Waals surface area contributed by atoms with Gasteiger partial charge in [-0.15, -0.1) is 0 Å². The van der Waals surface area contributed by atoms with Crippen LogP contribution >= 0.6 is 11.6 Å². The molecule has 0 aliphatic carbocycles. The highest BCUT2D eigenvalue weighted by Crippen LogP contribution is 2.21. The molecule has 3 nitrogen and oxygen atoms in total. The van der Waals surface area contributed by atoms with Gasteiger partial charge in [0.25, 0.3) is 5.91 Å². The van der Waals surface area contributed by atoms with E-state index in [1.807, 2.05) is 0 Å². The third-order valence-electron chi connectivity index (χ3n) is 2.79. The molecule has 1 amide bonds. The van der Waals surface area contributed by atoms with E-state index in [2.05, 4.69) is 5.32 Å². The molecule has 0 bridgehead atoms. The van der Waals surface area contributed by atoms with Crippen molar-refractivity contribution in [3.05, 3.63) is 64.4 Å². The largest absolute Gasteiger partial charge is 0.507 e. The Hall–Kier alpha value is -2.07. The fraction of sp³-hybridized carbons (Fsp3) is 0.133. The first kappa shape index (κ1) is 14.3. The van der Waals surface area contributed by atoms with Crippen molar-refractivity contribution in [3.8, 4) is 5.75 Å². The van der Waals surface area contributed by atoms with Crippen LogP contribution in [0.25, 0.3) is 0 Å². The quantitative estimate of drug-likeness (QED) is 0.910. The normalized spacial score (nSPS) is 10.3. The van der Waals surface area contributed by atoms with Crippen LogP contribution in [0.1, 0.15) is 15.9 Å².